The molecule has 0 radical (unpaired) electrons. The predicted molar refractivity (Wildman–Crippen MR) is 114 cm³/mol. The highest BCUT2D eigenvalue weighted by Crippen LogP contribution is 2.26. The van der Waals surface area contributed by atoms with Crippen LogP contribution in [0.5, 0.6) is 5.75 Å². The quantitative estimate of drug-likeness (QED) is 0.496. The number of ether oxygens (including phenoxy) is 1. The zero-order valence-electron chi connectivity index (χ0n) is 16.1. The van der Waals surface area contributed by atoms with E-state index >= 15 is 0 Å². The lowest BCUT2D eigenvalue weighted by atomic mass is 10.0. The minimum atomic E-state index is 0.654. The van der Waals surface area contributed by atoms with Crippen LogP contribution in [0.15, 0.2) is 85.1 Å². The van der Waals surface area contributed by atoms with Crippen molar-refractivity contribution in [2.45, 2.75) is 6.54 Å². The Morgan fingerprint density at radius 1 is 0.821 bits per heavy atom. The van der Waals surface area contributed by atoms with Gasteiger partial charge in [-0.2, -0.15) is 0 Å². The third kappa shape index (κ3) is 3.62. The van der Waals surface area contributed by atoms with Gasteiger partial charge in [-0.05, 0) is 22.8 Å². The van der Waals surface area contributed by atoms with Crippen LogP contribution in [0.3, 0.4) is 0 Å². The summed E-state index contributed by atoms with van der Waals surface area (Å²) in [5.41, 5.74) is 5.74. The van der Waals surface area contributed by atoms with E-state index in [0.717, 1.165) is 28.5 Å². The zero-order chi connectivity index (χ0) is 19.3. The van der Waals surface area contributed by atoms with Crippen molar-refractivity contribution in [2.24, 2.45) is 7.05 Å². The zero-order valence-corrected chi connectivity index (χ0v) is 16.1. The van der Waals surface area contributed by atoms with E-state index in [2.05, 4.69) is 69.5 Å². The Balaban J connectivity index is 1.52. The summed E-state index contributed by atoms with van der Waals surface area (Å²) in [6.45, 7) is 0.654. The molecular formula is C24H23N3O. The van der Waals surface area contributed by atoms with Gasteiger partial charge in [0.05, 0.1) is 19.0 Å². The van der Waals surface area contributed by atoms with Gasteiger partial charge in [0.2, 0.25) is 5.95 Å². The first kappa shape index (κ1) is 17.9. The van der Waals surface area contributed by atoms with Crippen LogP contribution in [0, 0.1) is 0 Å². The fourth-order valence-corrected chi connectivity index (χ4v) is 3.33. The summed E-state index contributed by atoms with van der Waals surface area (Å²) in [5, 5.41) is 3.40. The Bertz CT molecular complexity index is 1050. The summed E-state index contributed by atoms with van der Waals surface area (Å²) < 4.78 is 7.50. The molecule has 1 aromatic heterocycles. The number of hydrogen-bond acceptors (Lipinski definition) is 3. The summed E-state index contributed by atoms with van der Waals surface area (Å²) in [5.74, 6) is 1.70. The van der Waals surface area contributed by atoms with Gasteiger partial charge in [-0.25, -0.2) is 4.98 Å². The molecule has 1 heterocycles. The molecule has 0 bridgehead atoms. The van der Waals surface area contributed by atoms with Crippen molar-refractivity contribution in [1.29, 1.82) is 0 Å². The molecule has 0 aliphatic carbocycles. The van der Waals surface area contributed by atoms with Crippen LogP contribution in [-0.4, -0.2) is 16.7 Å². The van der Waals surface area contributed by atoms with Gasteiger partial charge in [-0.1, -0.05) is 72.8 Å². The molecule has 140 valence electrons. The Kier molecular flexibility index (Phi) is 5.11. The largest absolute Gasteiger partial charge is 0.496 e. The number of methoxy groups -OCH3 is 1. The molecular weight excluding hydrogens is 346 g/mol. The van der Waals surface area contributed by atoms with E-state index in [4.69, 9.17) is 4.74 Å². The van der Waals surface area contributed by atoms with E-state index in [0.29, 0.717) is 6.54 Å². The van der Waals surface area contributed by atoms with E-state index in [1.54, 1.807) is 7.11 Å². The molecule has 1 N–H and O–H groups in total. The average Bonchev–Trinajstić information content (AvgIpc) is 3.13. The number of benzene rings is 3. The molecule has 0 saturated carbocycles. The van der Waals surface area contributed by atoms with Gasteiger partial charge in [0.1, 0.15) is 5.75 Å². The molecule has 0 fully saturated rings. The van der Waals surface area contributed by atoms with Crippen LogP contribution < -0.4 is 10.1 Å². The van der Waals surface area contributed by atoms with Crippen molar-refractivity contribution >= 4 is 5.95 Å². The maximum atomic E-state index is 5.42. The van der Waals surface area contributed by atoms with E-state index in [1.807, 2.05) is 37.5 Å². The van der Waals surface area contributed by atoms with Gasteiger partial charge < -0.3 is 14.6 Å². The van der Waals surface area contributed by atoms with Gasteiger partial charge in [0, 0.05) is 19.2 Å². The predicted octanol–water partition coefficient (Wildman–Crippen LogP) is 5.37. The van der Waals surface area contributed by atoms with Gasteiger partial charge in [-0.15, -0.1) is 0 Å². The lowest BCUT2D eigenvalue weighted by molar-refractivity contribution is 0.410. The normalized spacial score (nSPS) is 10.6. The molecule has 4 rings (SSSR count). The van der Waals surface area contributed by atoms with E-state index < -0.39 is 0 Å². The molecule has 3 aromatic carbocycles. The molecule has 0 spiro atoms. The van der Waals surface area contributed by atoms with Crippen LogP contribution >= 0.6 is 0 Å². The second-order valence-corrected chi connectivity index (χ2v) is 6.63. The number of nitrogens with zero attached hydrogens (tertiary/aromatic N) is 2. The minimum absolute atomic E-state index is 0.654. The number of hydrogen-bond donors (Lipinski definition) is 1. The van der Waals surface area contributed by atoms with E-state index in [1.165, 1.54) is 11.1 Å². The second kappa shape index (κ2) is 8.01. The minimum Gasteiger partial charge on any atom is -0.496 e. The van der Waals surface area contributed by atoms with Crippen molar-refractivity contribution in [2.75, 3.05) is 12.4 Å². The summed E-state index contributed by atoms with van der Waals surface area (Å²) in [6.07, 6.45) is 1.90. The molecule has 0 amide bonds. The van der Waals surface area contributed by atoms with Gasteiger partial charge >= 0.3 is 0 Å². The van der Waals surface area contributed by atoms with Crippen molar-refractivity contribution < 1.29 is 4.74 Å². The number of imidazole rings is 1. The van der Waals surface area contributed by atoms with Gasteiger partial charge in [-0.3, -0.25) is 0 Å². The van der Waals surface area contributed by atoms with Crippen molar-refractivity contribution in [1.82, 2.24) is 9.55 Å². The SMILES string of the molecule is COc1ccccc1CNc1ncc(-c2ccc(-c3ccccc3)cc2)n1C. The van der Waals surface area contributed by atoms with E-state index in [9.17, 15) is 0 Å². The Morgan fingerprint density at radius 3 is 2.21 bits per heavy atom. The maximum absolute atomic E-state index is 5.42. The third-order valence-corrected chi connectivity index (χ3v) is 4.91. The highest BCUT2D eigenvalue weighted by atomic mass is 16.5. The molecule has 0 saturated heterocycles. The first-order chi connectivity index (χ1) is 13.8. The lowest BCUT2D eigenvalue weighted by Gasteiger charge is -2.11. The second-order valence-electron chi connectivity index (χ2n) is 6.63. The number of para-hydroxylation sites is 1. The Labute approximate surface area is 165 Å². The fraction of sp³-hybridized carbons (Fsp3) is 0.125. The average molecular weight is 369 g/mol. The Hall–Kier alpha value is -3.53. The van der Waals surface area contributed by atoms with Crippen molar-refractivity contribution in [3.8, 4) is 28.1 Å². The number of nitrogens with one attached hydrogen (secondary N) is 1. The first-order valence-corrected chi connectivity index (χ1v) is 9.29. The molecule has 4 nitrogen and oxygen atoms in total. The maximum Gasteiger partial charge on any atom is 0.203 e. The molecule has 0 atom stereocenters. The molecule has 0 aliphatic heterocycles. The van der Waals surface area contributed by atoms with Gasteiger partial charge in [0.25, 0.3) is 0 Å². The van der Waals surface area contributed by atoms with Crippen molar-refractivity contribution in [3.05, 3.63) is 90.6 Å². The number of aromatic nitrogens is 2. The molecule has 0 unspecified atom stereocenters. The molecule has 0 aliphatic rings. The summed E-state index contributed by atoms with van der Waals surface area (Å²) in [7, 11) is 3.72. The Morgan fingerprint density at radius 2 is 1.46 bits per heavy atom. The lowest BCUT2D eigenvalue weighted by Crippen LogP contribution is -2.06. The van der Waals surface area contributed by atoms with Gasteiger partial charge in [0.15, 0.2) is 0 Å². The highest BCUT2D eigenvalue weighted by molar-refractivity contribution is 5.69. The first-order valence-electron chi connectivity index (χ1n) is 9.29. The molecule has 4 heteroatoms. The number of rotatable bonds is 6. The van der Waals surface area contributed by atoms with E-state index in [-0.39, 0.29) is 0 Å². The monoisotopic (exact) mass is 369 g/mol. The van der Waals surface area contributed by atoms with Crippen LogP contribution in [0.4, 0.5) is 5.95 Å². The smallest absolute Gasteiger partial charge is 0.203 e. The van der Waals surface area contributed by atoms with Crippen LogP contribution in [-0.2, 0) is 13.6 Å². The van der Waals surface area contributed by atoms with Crippen LogP contribution in [0.2, 0.25) is 0 Å². The van der Waals surface area contributed by atoms with Crippen LogP contribution in [0.25, 0.3) is 22.4 Å². The number of anilines is 1. The standard InChI is InChI=1S/C24H23N3O/c1-27-22(20-14-12-19(13-15-20)18-8-4-3-5-9-18)17-26-24(27)25-16-21-10-6-7-11-23(21)28-2/h3-15,17H,16H2,1-2H3,(H,25,26). The van der Waals surface area contributed by atoms with Crippen LogP contribution in [0.1, 0.15) is 5.56 Å². The summed E-state index contributed by atoms with van der Waals surface area (Å²) in [6, 6.07) is 27.0. The third-order valence-electron chi connectivity index (χ3n) is 4.91. The summed E-state index contributed by atoms with van der Waals surface area (Å²) in [4.78, 5) is 4.55. The molecule has 4 aromatic rings. The van der Waals surface area contributed by atoms with Crippen molar-refractivity contribution in [3.63, 3.8) is 0 Å². The molecule has 28 heavy (non-hydrogen) atoms. The highest BCUT2D eigenvalue weighted by Gasteiger charge is 2.10. The summed E-state index contributed by atoms with van der Waals surface area (Å²) >= 11 is 0. The topological polar surface area (TPSA) is 39.1 Å². The fourth-order valence-electron chi connectivity index (χ4n) is 3.33.